The molecule has 0 atom stereocenters. The van der Waals surface area contributed by atoms with Crippen LogP contribution in [0.4, 0.5) is 13.2 Å². The lowest BCUT2D eigenvalue weighted by Gasteiger charge is -2.05. The number of nitrogens with zero attached hydrogens (tertiary/aromatic N) is 1. The zero-order valence-electron chi connectivity index (χ0n) is 5.88. The number of alkyl halides is 3. The van der Waals surface area contributed by atoms with Gasteiger partial charge in [-0.25, -0.2) is 0 Å². The first kappa shape index (κ1) is 9.47. The molecule has 0 aliphatic rings. The van der Waals surface area contributed by atoms with Crippen molar-refractivity contribution in [3.63, 3.8) is 0 Å². The molecule has 12 heavy (non-hydrogen) atoms. The van der Waals surface area contributed by atoms with E-state index >= 15 is 0 Å². The third-order valence-corrected chi connectivity index (χ3v) is 1.41. The Morgan fingerprint density at radius 3 is 2.58 bits per heavy atom. The van der Waals surface area contributed by atoms with Gasteiger partial charge in [0.15, 0.2) is 0 Å². The molecule has 0 saturated carbocycles. The zero-order chi connectivity index (χ0) is 9.19. The summed E-state index contributed by atoms with van der Waals surface area (Å²) in [6.07, 6.45) is -2.47. The van der Waals surface area contributed by atoms with E-state index < -0.39 is 6.30 Å². The molecule has 0 bridgehead atoms. The first-order valence-electron chi connectivity index (χ1n) is 3.04. The summed E-state index contributed by atoms with van der Waals surface area (Å²) < 4.78 is 40.4. The number of thiol groups is 1. The summed E-state index contributed by atoms with van der Waals surface area (Å²) in [5.74, 6) is 0. The van der Waals surface area contributed by atoms with Gasteiger partial charge in [-0.3, -0.25) is 4.57 Å². The van der Waals surface area contributed by atoms with Gasteiger partial charge < -0.3 is 4.18 Å². The van der Waals surface area contributed by atoms with Gasteiger partial charge in [-0.05, 0) is 24.5 Å². The number of hydrogen-bond donors (Lipinski definition) is 1. The molecule has 0 N–H and O–H groups in total. The summed E-state index contributed by atoms with van der Waals surface area (Å²) >= 11 is 3.42. The minimum atomic E-state index is -4.35. The van der Waals surface area contributed by atoms with Crippen LogP contribution in [0.2, 0.25) is 0 Å². The van der Waals surface area contributed by atoms with E-state index in [0.717, 1.165) is 12.4 Å². The van der Waals surface area contributed by atoms with Gasteiger partial charge in [0, 0.05) is 12.4 Å². The maximum Gasteiger partial charge on any atom is 0.488 e. The lowest BCUT2D eigenvalue weighted by molar-refractivity contribution is -0.203. The molecule has 1 heterocycles. The van der Waals surface area contributed by atoms with Gasteiger partial charge in [0.2, 0.25) is 0 Å². The molecule has 0 unspecified atom stereocenters. The van der Waals surface area contributed by atoms with Crippen molar-refractivity contribution in [1.82, 2.24) is 4.57 Å². The van der Waals surface area contributed by atoms with Crippen LogP contribution < -0.4 is 0 Å². The summed E-state index contributed by atoms with van der Waals surface area (Å²) in [7, 11) is 0. The van der Waals surface area contributed by atoms with Gasteiger partial charge in [-0.1, -0.05) is 0 Å². The van der Waals surface area contributed by atoms with Crippen LogP contribution in [0.3, 0.4) is 0 Å². The zero-order valence-corrected chi connectivity index (χ0v) is 6.77. The standard InChI is InChI=1S/C6H6F3NOS/c7-6(8,9)10-2-1-5(3-10)4-11-12/h1-3,12H,4H2. The van der Waals surface area contributed by atoms with Crippen LogP contribution in [-0.2, 0) is 17.1 Å². The fourth-order valence-electron chi connectivity index (χ4n) is 0.758. The maximum atomic E-state index is 11.9. The third-order valence-electron chi connectivity index (χ3n) is 1.28. The summed E-state index contributed by atoms with van der Waals surface area (Å²) in [5, 5.41) is 0. The fourth-order valence-corrected chi connectivity index (χ4v) is 0.907. The molecule has 6 heteroatoms. The molecule has 1 rings (SSSR count). The molecule has 0 amide bonds. The summed E-state index contributed by atoms with van der Waals surface area (Å²) in [5.41, 5.74) is 0.433. The van der Waals surface area contributed by atoms with Gasteiger partial charge in [0.05, 0.1) is 6.61 Å². The molecule has 0 aromatic carbocycles. The molecule has 1 aromatic rings. The predicted molar refractivity (Wildman–Crippen MR) is 39.5 cm³/mol. The predicted octanol–water partition coefficient (Wildman–Crippen LogP) is 2.33. The SMILES string of the molecule is FC(F)(F)n1ccc(COS)c1. The quantitative estimate of drug-likeness (QED) is 0.567. The molecule has 0 saturated heterocycles. The van der Waals surface area contributed by atoms with Crippen molar-refractivity contribution in [2.24, 2.45) is 0 Å². The average molecular weight is 197 g/mol. The Bertz CT molecular complexity index is 258. The fraction of sp³-hybridized carbons (Fsp3) is 0.333. The molecule has 0 aliphatic heterocycles. The Labute approximate surface area is 72.6 Å². The van der Waals surface area contributed by atoms with Crippen molar-refractivity contribution in [2.45, 2.75) is 12.9 Å². The second kappa shape index (κ2) is 3.40. The van der Waals surface area contributed by atoms with E-state index in [-0.39, 0.29) is 11.2 Å². The minimum absolute atomic E-state index is 0.0617. The topological polar surface area (TPSA) is 14.2 Å². The van der Waals surface area contributed by atoms with Gasteiger partial charge in [0.1, 0.15) is 0 Å². The third kappa shape index (κ3) is 2.18. The van der Waals surface area contributed by atoms with Crippen LogP contribution in [0, 0.1) is 0 Å². The lowest BCUT2D eigenvalue weighted by atomic mass is 10.4. The smallest absolute Gasteiger partial charge is 0.314 e. The van der Waals surface area contributed by atoms with Crippen molar-refractivity contribution < 1.29 is 17.4 Å². The van der Waals surface area contributed by atoms with E-state index in [4.69, 9.17) is 0 Å². The maximum absolute atomic E-state index is 11.9. The Morgan fingerprint density at radius 1 is 1.50 bits per heavy atom. The summed E-state index contributed by atoms with van der Waals surface area (Å²) in [6.45, 7) is 0.0617. The van der Waals surface area contributed by atoms with E-state index in [1.165, 1.54) is 6.07 Å². The Morgan fingerprint density at radius 2 is 2.17 bits per heavy atom. The highest BCUT2D eigenvalue weighted by atomic mass is 32.1. The first-order chi connectivity index (χ1) is 5.54. The van der Waals surface area contributed by atoms with Crippen LogP contribution in [0.5, 0.6) is 0 Å². The second-order valence-electron chi connectivity index (χ2n) is 2.17. The highest BCUT2D eigenvalue weighted by Gasteiger charge is 2.29. The van der Waals surface area contributed by atoms with Crippen LogP contribution in [0.1, 0.15) is 5.56 Å². The molecule has 1 aromatic heterocycles. The van der Waals surface area contributed by atoms with E-state index in [9.17, 15) is 13.2 Å². The van der Waals surface area contributed by atoms with Crippen molar-refractivity contribution in [2.75, 3.05) is 0 Å². The summed E-state index contributed by atoms with van der Waals surface area (Å²) in [4.78, 5) is 0. The molecule has 0 spiro atoms. The van der Waals surface area contributed by atoms with Crippen LogP contribution in [-0.4, -0.2) is 4.57 Å². The summed E-state index contributed by atoms with van der Waals surface area (Å²) in [6, 6.07) is 1.32. The van der Waals surface area contributed by atoms with Gasteiger partial charge in [-0.2, -0.15) is 0 Å². The molecule has 68 valence electrons. The lowest BCUT2D eigenvalue weighted by Crippen LogP contribution is -2.13. The van der Waals surface area contributed by atoms with Gasteiger partial charge >= 0.3 is 6.30 Å². The highest BCUT2D eigenvalue weighted by Crippen LogP contribution is 2.23. The number of halogens is 3. The Balaban J connectivity index is 2.77. The number of hydrogen-bond acceptors (Lipinski definition) is 2. The van der Waals surface area contributed by atoms with E-state index in [0.29, 0.717) is 5.56 Å². The Hall–Kier alpha value is -0.620. The normalized spacial score (nSPS) is 12.0. The molecular weight excluding hydrogens is 191 g/mol. The Kier molecular flexibility index (Phi) is 2.69. The van der Waals surface area contributed by atoms with E-state index in [2.05, 4.69) is 17.1 Å². The molecule has 0 fully saturated rings. The minimum Gasteiger partial charge on any atom is -0.314 e. The second-order valence-corrected chi connectivity index (χ2v) is 2.43. The molecule has 0 aliphatic carbocycles. The number of aromatic nitrogens is 1. The molecule has 0 radical (unpaired) electrons. The van der Waals surface area contributed by atoms with E-state index in [1.54, 1.807) is 0 Å². The average Bonchev–Trinajstić information content (AvgIpc) is 2.35. The monoisotopic (exact) mass is 197 g/mol. The van der Waals surface area contributed by atoms with Gasteiger partial charge in [0.25, 0.3) is 0 Å². The van der Waals surface area contributed by atoms with Crippen molar-refractivity contribution in [3.05, 3.63) is 24.0 Å². The van der Waals surface area contributed by atoms with Crippen LogP contribution in [0.15, 0.2) is 18.5 Å². The van der Waals surface area contributed by atoms with Crippen LogP contribution in [0.25, 0.3) is 0 Å². The van der Waals surface area contributed by atoms with E-state index in [1.807, 2.05) is 0 Å². The van der Waals surface area contributed by atoms with Crippen molar-refractivity contribution in [1.29, 1.82) is 0 Å². The number of rotatable bonds is 2. The largest absolute Gasteiger partial charge is 0.488 e. The first-order valence-corrected chi connectivity index (χ1v) is 3.41. The highest BCUT2D eigenvalue weighted by molar-refractivity contribution is 7.75. The van der Waals surface area contributed by atoms with Crippen molar-refractivity contribution in [3.8, 4) is 0 Å². The van der Waals surface area contributed by atoms with Crippen molar-refractivity contribution >= 4 is 12.9 Å². The van der Waals surface area contributed by atoms with Gasteiger partial charge in [-0.15, -0.1) is 13.2 Å². The molecule has 2 nitrogen and oxygen atoms in total. The molecular formula is C6H6F3NOS. The van der Waals surface area contributed by atoms with Crippen LogP contribution >= 0.6 is 12.9 Å².